The van der Waals surface area contributed by atoms with Crippen LogP contribution in [0.3, 0.4) is 0 Å². The summed E-state index contributed by atoms with van der Waals surface area (Å²) in [4.78, 5) is 50.3. The molecule has 142 valence electrons. The molecule has 0 spiro atoms. The number of thioether (sulfide) groups is 1. The van der Waals surface area contributed by atoms with Gasteiger partial charge < -0.3 is 14.7 Å². The summed E-state index contributed by atoms with van der Waals surface area (Å²) >= 11 is 0.778. The number of benzene rings is 1. The minimum Gasteiger partial charge on any atom is -0.482 e. The van der Waals surface area contributed by atoms with Gasteiger partial charge in [-0.25, -0.2) is 4.79 Å². The lowest BCUT2D eigenvalue weighted by Crippen LogP contribution is -2.40. The minimum absolute atomic E-state index is 0.213. The molecule has 2 saturated heterocycles. The predicted octanol–water partition coefficient (Wildman–Crippen LogP) is 1.81. The highest BCUT2D eigenvalue weighted by atomic mass is 32.2. The molecule has 2 aliphatic heterocycles. The monoisotopic (exact) mass is 390 g/mol. The van der Waals surface area contributed by atoms with Crippen molar-refractivity contribution in [2.45, 2.75) is 12.8 Å². The number of likely N-dealkylation sites (tertiary alicyclic amines) is 1. The van der Waals surface area contributed by atoms with Crippen LogP contribution in [0.15, 0.2) is 29.2 Å². The van der Waals surface area contributed by atoms with E-state index >= 15 is 0 Å². The van der Waals surface area contributed by atoms with E-state index in [-0.39, 0.29) is 17.4 Å². The number of carboxylic acids is 1. The van der Waals surface area contributed by atoms with Crippen molar-refractivity contribution < 1.29 is 29.0 Å². The highest BCUT2D eigenvalue weighted by Crippen LogP contribution is 2.32. The number of ether oxygens (including phenoxy) is 1. The summed E-state index contributed by atoms with van der Waals surface area (Å²) in [5, 5.41) is 8.18. The first-order valence-electron chi connectivity index (χ1n) is 8.42. The summed E-state index contributed by atoms with van der Waals surface area (Å²) in [6.45, 7) is 0.602. The third kappa shape index (κ3) is 4.68. The molecule has 0 bridgehead atoms. The first-order chi connectivity index (χ1) is 12.9. The SMILES string of the molecule is O=C(O)COc1cccc(/C=C2\SC(=O)N(CC(=O)N3CCCC3)C2=O)c1. The maximum absolute atomic E-state index is 12.5. The molecule has 2 aliphatic rings. The van der Waals surface area contributed by atoms with Crippen molar-refractivity contribution in [3.05, 3.63) is 34.7 Å². The number of nitrogens with zero attached hydrogens (tertiary/aromatic N) is 2. The average Bonchev–Trinajstić information content (AvgIpc) is 3.25. The van der Waals surface area contributed by atoms with Crippen molar-refractivity contribution in [2.75, 3.05) is 26.2 Å². The average molecular weight is 390 g/mol. The minimum atomic E-state index is -1.09. The maximum atomic E-state index is 12.5. The number of hydrogen-bond donors (Lipinski definition) is 1. The molecule has 2 fully saturated rings. The quantitative estimate of drug-likeness (QED) is 0.739. The number of carboxylic acid groups (broad SMARTS) is 1. The standard InChI is InChI=1S/C18H18N2O6S/c21-15(19-6-1-2-7-19)10-20-17(24)14(27-18(20)25)9-12-4-3-5-13(8-12)26-11-16(22)23/h3-5,8-9H,1-2,6-7,10-11H2,(H,22,23)/b14-9-. The fourth-order valence-electron chi connectivity index (χ4n) is 2.83. The Hall–Kier alpha value is -2.81. The van der Waals surface area contributed by atoms with Gasteiger partial charge in [0.2, 0.25) is 5.91 Å². The fraction of sp³-hybridized carbons (Fsp3) is 0.333. The van der Waals surface area contributed by atoms with Crippen LogP contribution in [0.5, 0.6) is 5.75 Å². The molecule has 0 saturated carbocycles. The normalized spacial score (nSPS) is 18.4. The Labute approximate surface area is 159 Å². The molecule has 9 heteroatoms. The van der Waals surface area contributed by atoms with Crippen LogP contribution in [0.1, 0.15) is 18.4 Å². The van der Waals surface area contributed by atoms with Crippen molar-refractivity contribution >= 4 is 40.9 Å². The zero-order valence-corrected chi connectivity index (χ0v) is 15.2. The summed E-state index contributed by atoms with van der Waals surface area (Å²) in [5.74, 6) is -1.48. The summed E-state index contributed by atoms with van der Waals surface area (Å²) < 4.78 is 5.10. The molecule has 27 heavy (non-hydrogen) atoms. The van der Waals surface area contributed by atoms with Crippen LogP contribution in [0.25, 0.3) is 6.08 Å². The molecule has 3 rings (SSSR count). The first kappa shape index (κ1) is 19.0. The van der Waals surface area contributed by atoms with Gasteiger partial charge in [0.1, 0.15) is 12.3 Å². The Kier molecular flexibility index (Phi) is 5.80. The van der Waals surface area contributed by atoms with Crippen LogP contribution in [0.4, 0.5) is 4.79 Å². The molecule has 8 nitrogen and oxygen atoms in total. The van der Waals surface area contributed by atoms with Crippen LogP contribution >= 0.6 is 11.8 Å². The van der Waals surface area contributed by atoms with E-state index in [0.29, 0.717) is 24.4 Å². The second-order valence-electron chi connectivity index (χ2n) is 6.11. The van der Waals surface area contributed by atoms with E-state index in [1.165, 1.54) is 6.08 Å². The largest absolute Gasteiger partial charge is 0.482 e. The van der Waals surface area contributed by atoms with Gasteiger partial charge in [-0.2, -0.15) is 0 Å². The summed E-state index contributed by atoms with van der Waals surface area (Å²) in [6.07, 6.45) is 3.40. The summed E-state index contributed by atoms with van der Waals surface area (Å²) in [5.41, 5.74) is 0.592. The lowest BCUT2D eigenvalue weighted by molar-refractivity contribution is -0.139. The van der Waals surface area contributed by atoms with Gasteiger partial charge in [-0.15, -0.1) is 0 Å². The lowest BCUT2D eigenvalue weighted by Gasteiger charge is -2.18. The van der Waals surface area contributed by atoms with Gasteiger partial charge >= 0.3 is 5.97 Å². The smallest absolute Gasteiger partial charge is 0.341 e. The Bertz CT molecular complexity index is 816. The first-order valence-corrected chi connectivity index (χ1v) is 9.23. The number of amides is 3. The Morgan fingerprint density at radius 3 is 2.67 bits per heavy atom. The van der Waals surface area contributed by atoms with E-state index < -0.39 is 23.7 Å². The topological polar surface area (TPSA) is 104 Å². The Morgan fingerprint density at radius 2 is 1.96 bits per heavy atom. The van der Waals surface area contributed by atoms with E-state index in [4.69, 9.17) is 9.84 Å². The van der Waals surface area contributed by atoms with E-state index in [1.807, 2.05) is 0 Å². The van der Waals surface area contributed by atoms with Gasteiger partial charge in [0.25, 0.3) is 11.1 Å². The van der Waals surface area contributed by atoms with Crippen molar-refractivity contribution in [3.8, 4) is 5.75 Å². The number of carbonyl (C=O) groups is 4. The van der Waals surface area contributed by atoms with Gasteiger partial charge in [0, 0.05) is 13.1 Å². The third-order valence-corrected chi connectivity index (χ3v) is 5.05. The molecule has 0 aromatic heterocycles. The van der Waals surface area contributed by atoms with Crippen LogP contribution in [-0.2, 0) is 14.4 Å². The molecular weight excluding hydrogens is 372 g/mol. The maximum Gasteiger partial charge on any atom is 0.341 e. The van der Waals surface area contributed by atoms with E-state index in [2.05, 4.69) is 0 Å². The third-order valence-electron chi connectivity index (χ3n) is 4.14. The number of carbonyl (C=O) groups excluding carboxylic acids is 3. The second kappa shape index (κ2) is 8.26. The number of imide groups is 1. The molecule has 1 aromatic carbocycles. The van der Waals surface area contributed by atoms with Gasteiger partial charge in [-0.05, 0) is 48.4 Å². The van der Waals surface area contributed by atoms with Gasteiger partial charge in [-0.3, -0.25) is 19.3 Å². The molecule has 1 N–H and O–H groups in total. The molecule has 0 aliphatic carbocycles. The second-order valence-corrected chi connectivity index (χ2v) is 7.10. The zero-order valence-electron chi connectivity index (χ0n) is 14.4. The zero-order chi connectivity index (χ0) is 19.4. The van der Waals surface area contributed by atoms with E-state index in [1.54, 1.807) is 29.2 Å². The van der Waals surface area contributed by atoms with Crippen LogP contribution in [0, 0.1) is 0 Å². The molecular formula is C18H18N2O6S. The number of aliphatic carboxylic acids is 1. The van der Waals surface area contributed by atoms with Crippen molar-refractivity contribution in [1.29, 1.82) is 0 Å². The van der Waals surface area contributed by atoms with Crippen molar-refractivity contribution in [1.82, 2.24) is 9.80 Å². The summed E-state index contributed by atoms with van der Waals surface area (Å²) in [6, 6.07) is 6.54. The van der Waals surface area contributed by atoms with Crippen LogP contribution < -0.4 is 4.74 Å². The lowest BCUT2D eigenvalue weighted by atomic mass is 10.2. The molecule has 1 aromatic rings. The fourth-order valence-corrected chi connectivity index (χ4v) is 3.67. The van der Waals surface area contributed by atoms with Gasteiger partial charge in [0.05, 0.1) is 4.91 Å². The summed E-state index contributed by atoms with van der Waals surface area (Å²) in [7, 11) is 0. The van der Waals surface area contributed by atoms with Crippen molar-refractivity contribution in [2.24, 2.45) is 0 Å². The Balaban J connectivity index is 1.69. The van der Waals surface area contributed by atoms with Crippen molar-refractivity contribution in [3.63, 3.8) is 0 Å². The molecule has 0 radical (unpaired) electrons. The highest BCUT2D eigenvalue weighted by Gasteiger charge is 2.37. The van der Waals surface area contributed by atoms with E-state index in [0.717, 1.165) is 29.5 Å². The molecule has 0 atom stereocenters. The Morgan fingerprint density at radius 1 is 1.22 bits per heavy atom. The number of rotatable bonds is 6. The van der Waals surface area contributed by atoms with Crippen LogP contribution in [0.2, 0.25) is 0 Å². The molecule has 0 unspecified atom stereocenters. The van der Waals surface area contributed by atoms with Gasteiger partial charge in [0.15, 0.2) is 6.61 Å². The van der Waals surface area contributed by atoms with E-state index in [9.17, 15) is 19.2 Å². The molecule has 3 amide bonds. The van der Waals surface area contributed by atoms with Crippen LogP contribution in [-0.4, -0.2) is 64.2 Å². The van der Waals surface area contributed by atoms with Gasteiger partial charge in [-0.1, -0.05) is 12.1 Å². The highest BCUT2D eigenvalue weighted by molar-refractivity contribution is 8.18. The predicted molar refractivity (Wildman–Crippen MR) is 98.1 cm³/mol. The number of hydrogen-bond acceptors (Lipinski definition) is 6. The molecule has 2 heterocycles.